The smallest absolute Gasteiger partial charge is 0.211 e. The van der Waals surface area contributed by atoms with E-state index in [0.717, 1.165) is 11.1 Å². The van der Waals surface area contributed by atoms with Crippen LogP contribution in [0.4, 0.5) is 0 Å². The molecular weight excluding hydrogens is 168 g/mol. The summed E-state index contributed by atoms with van der Waals surface area (Å²) < 4.78 is 0. The Labute approximate surface area is 75.3 Å². The van der Waals surface area contributed by atoms with Crippen LogP contribution in [0.3, 0.4) is 0 Å². The van der Waals surface area contributed by atoms with Gasteiger partial charge in [-0.25, -0.2) is 9.79 Å². The lowest BCUT2D eigenvalue weighted by molar-refractivity contribution is 0.563. The molecule has 66 valence electrons. The highest BCUT2D eigenvalue weighted by molar-refractivity contribution is 5.34. The Balaban J connectivity index is 2.68. The fourth-order valence-corrected chi connectivity index (χ4v) is 0.948. The lowest BCUT2D eigenvalue weighted by Gasteiger charge is -1.96. The van der Waals surface area contributed by atoms with Crippen molar-refractivity contribution in [3.05, 3.63) is 40.3 Å². The van der Waals surface area contributed by atoms with Crippen LogP contribution in [0, 0.1) is 4.91 Å². The molecule has 13 heavy (non-hydrogen) atoms. The maximum Gasteiger partial charge on any atom is 0.235 e. The zero-order chi connectivity index (χ0) is 9.52. The number of nitrogens with zero attached hydrogens (tertiary/aromatic N) is 2. The molecule has 0 atom stereocenters. The van der Waals surface area contributed by atoms with Crippen molar-refractivity contribution >= 4 is 6.08 Å². The molecule has 4 heteroatoms. The van der Waals surface area contributed by atoms with Crippen LogP contribution < -0.4 is 0 Å². The zero-order valence-electron chi connectivity index (χ0n) is 6.93. The van der Waals surface area contributed by atoms with Gasteiger partial charge >= 0.3 is 0 Å². The van der Waals surface area contributed by atoms with Gasteiger partial charge < -0.3 is 0 Å². The van der Waals surface area contributed by atoms with Crippen molar-refractivity contribution < 1.29 is 4.79 Å². The number of nitroso groups, excluding NO2 is 1. The summed E-state index contributed by atoms with van der Waals surface area (Å²) in [6.45, 7) is 0.509. The van der Waals surface area contributed by atoms with Crippen LogP contribution in [-0.2, 0) is 17.9 Å². The van der Waals surface area contributed by atoms with Crippen molar-refractivity contribution in [3.63, 3.8) is 0 Å². The predicted octanol–water partition coefficient (Wildman–Crippen LogP) is 1.79. The van der Waals surface area contributed by atoms with E-state index >= 15 is 0 Å². The SMILES string of the molecule is O=C=NCc1ccc(CN=O)cc1. The summed E-state index contributed by atoms with van der Waals surface area (Å²) in [4.78, 5) is 23.1. The number of benzene rings is 1. The normalized spacial score (nSPS) is 8.92. The largest absolute Gasteiger partial charge is 0.235 e. The van der Waals surface area contributed by atoms with Gasteiger partial charge in [-0.1, -0.05) is 29.4 Å². The first-order valence-corrected chi connectivity index (χ1v) is 3.77. The number of isocyanates is 1. The van der Waals surface area contributed by atoms with Crippen molar-refractivity contribution in [2.24, 2.45) is 10.2 Å². The van der Waals surface area contributed by atoms with Gasteiger partial charge in [-0.3, -0.25) is 0 Å². The Kier molecular flexibility index (Phi) is 3.54. The molecule has 0 N–H and O–H groups in total. The molecule has 0 bridgehead atoms. The Morgan fingerprint density at radius 1 is 1.08 bits per heavy atom. The van der Waals surface area contributed by atoms with Gasteiger partial charge in [0, 0.05) is 0 Å². The van der Waals surface area contributed by atoms with Crippen LogP contribution in [0.1, 0.15) is 11.1 Å². The van der Waals surface area contributed by atoms with E-state index in [-0.39, 0.29) is 6.54 Å². The summed E-state index contributed by atoms with van der Waals surface area (Å²) in [6.07, 6.45) is 1.46. The quantitative estimate of drug-likeness (QED) is 0.399. The Morgan fingerprint density at radius 3 is 2.08 bits per heavy atom. The van der Waals surface area contributed by atoms with E-state index in [2.05, 4.69) is 10.2 Å². The molecular formula is C9H8N2O2. The second kappa shape index (κ2) is 4.95. The van der Waals surface area contributed by atoms with Gasteiger partial charge in [-0.15, -0.1) is 0 Å². The fraction of sp³-hybridized carbons (Fsp3) is 0.222. The molecule has 0 aromatic heterocycles. The Bertz CT molecular complexity index is 326. The maximum absolute atomic E-state index is 9.91. The van der Waals surface area contributed by atoms with Crippen molar-refractivity contribution in [3.8, 4) is 0 Å². The molecule has 0 aliphatic heterocycles. The lowest BCUT2D eigenvalue weighted by atomic mass is 10.1. The van der Waals surface area contributed by atoms with E-state index < -0.39 is 0 Å². The molecule has 0 fully saturated rings. The molecule has 0 spiro atoms. The number of hydrogen-bond acceptors (Lipinski definition) is 4. The van der Waals surface area contributed by atoms with Crippen LogP contribution in [-0.4, -0.2) is 6.08 Å². The van der Waals surface area contributed by atoms with E-state index in [9.17, 15) is 9.70 Å². The highest BCUT2D eigenvalue weighted by Gasteiger charge is 1.93. The third-order valence-electron chi connectivity index (χ3n) is 1.60. The van der Waals surface area contributed by atoms with Crippen LogP contribution in [0.25, 0.3) is 0 Å². The summed E-state index contributed by atoms with van der Waals surface area (Å²) in [6, 6.07) is 7.19. The average molecular weight is 176 g/mol. The lowest BCUT2D eigenvalue weighted by Crippen LogP contribution is -1.83. The molecule has 0 aliphatic rings. The van der Waals surface area contributed by atoms with E-state index in [1.807, 2.05) is 0 Å². The molecule has 0 heterocycles. The molecule has 1 aromatic rings. The minimum Gasteiger partial charge on any atom is -0.211 e. The van der Waals surface area contributed by atoms with Crippen molar-refractivity contribution in [1.29, 1.82) is 0 Å². The molecule has 1 rings (SSSR count). The molecule has 0 saturated carbocycles. The molecule has 0 saturated heterocycles. The van der Waals surface area contributed by atoms with Gasteiger partial charge in [0.15, 0.2) is 0 Å². The van der Waals surface area contributed by atoms with Crippen molar-refractivity contribution in [2.75, 3.05) is 0 Å². The standard InChI is InChI=1S/C9H8N2O2/c12-7-10-5-8-1-3-9(4-2-8)6-11-13/h1-4H,5-6H2. The first kappa shape index (κ1) is 9.29. The van der Waals surface area contributed by atoms with Crippen molar-refractivity contribution in [1.82, 2.24) is 0 Å². The van der Waals surface area contributed by atoms with Crippen LogP contribution in [0.15, 0.2) is 34.4 Å². The summed E-state index contributed by atoms with van der Waals surface area (Å²) in [5, 5.41) is 2.76. The molecule has 0 amide bonds. The van der Waals surface area contributed by atoms with Crippen LogP contribution in [0.2, 0.25) is 0 Å². The summed E-state index contributed by atoms with van der Waals surface area (Å²) in [5.74, 6) is 0. The van der Waals surface area contributed by atoms with Gasteiger partial charge in [0.2, 0.25) is 6.08 Å². The number of hydrogen-bond donors (Lipinski definition) is 0. The minimum atomic E-state index is 0.178. The van der Waals surface area contributed by atoms with Gasteiger partial charge in [0.25, 0.3) is 0 Å². The average Bonchev–Trinajstić information content (AvgIpc) is 2.17. The Hall–Kier alpha value is -1.80. The molecule has 0 radical (unpaired) electrons. The second-order valence-corrected chi connectivity index (χ2v) is 2.51. The first-order chi connectivity index (χ1) is 6.36. The Morgan fingerprint density at radius 2 is 1.62 bits per heavy atom. The van der Waals surface area contributed by atoms with Gasteiger partial charge in [-0.05, 0) is 11.1 Å². The first-order valence-electron chi connectivity index (χ1n) is 3.77. The summed E-state index contributed by atoms with van der Waals surface area (Å²) >= 11 is 0. The third-order valence-corrected chi connectivity index (χ3v) is 1.60. The maximum atomic E-state index is 9.91. The highest BCUT2D eigenvalue weighted by atomic mass is 16.3. The summed E-state index contributed by atoms with van der Waals surface area (Å²) in [7, 11) is 0. The number of rotatable bonds is 4. The minimum absolute atomic E-state index is 0.178. The molecule has 4 nitrogen and oxygen atoms in total. The van der Waals surface area contributed by atoms with Gasteiger partial charge in [0.1, 0.15) is 6.54 Å². The van der Waals surface area contributed by atoms with E-state index in [1.54, 1.807) is 24.3 Å². The predicted molar refractivity (Wildman–Crippen MR) is 47.8 cm³/mol. The number of carbonyl (C=O) groups excluding carboxylic acids is 1. The van der Waals surface area contributed by atoms with Gasteiger partial charge in [-0.2, -0.15) is 4.91 Å². The highest BCUT2D eigenvalue weighted by Crippen LogP contribution is 2.06. The molecule has 0 unspecified atom stereocenters. The third kappa shape index (κ3) is 2.97. The second-order valence-electron chi connectivity index (χ2n) is 2.51. The topological polar surface area (TPSA) is 58.9 Å². The molecule has 0 aliphatic carbocycles. The van der Waals surface area contributed by atoms with E-state index in [0.29, 0.717) is 6.54 Å². The van der Waals surface area contributed by atoms with Crippen molar-refractivity contribution in [2.45, 2.75) is 13.1 Å². The summed E-state index contributed by atoms with van der Waals surface area (Å²) in [5.41, 5.74) is 1.77. The van der Waals surface area contributed by atoms with Gasteiger partial charge in [0.05, 0.1) is 6.54 Å². The zero-order valence-corrected chi connectivity index (χ0v) is 6.93. The van der Waals surface area contributed by atoms with Crippen LogP contribution in [0.5, 0.6) is 0 Å². The van der Waals surface area contributed by atoms with E-state index in [4.69, 9.17) is 0 Å². The monoisotopic (exact) mass is 176 g/mol. The number of aliphatic imine (C=N–C) groups is 1. The van der Waals surface area contributed by atoms with E-state index in [1.165, 1.54) is 6.08 Å². The van der Waals surface area contributed by atoms with Crippen LogP contribution >= 0.6 is 0 Å². The molecule has 1 aromatic carbocycles. The fourth-order valence-electron chi connectivity index (χ4n) is 0.948.